The lowest BCUT2D eigenvalue weighted by molar-refractivity contribution is -0.115. The second kappa shape index (κ2) is 7.88. The second-order valence-electron chi connectivity index (χ2n) is 4.89. The summed E-state index contributed by atoms with van der Waals surface area (Å²) in [5.74, 6) is 3.02. The highest BCUT2D eigenvalue weighted by molar-refractivity contribution is 6.14. The Balaban J connectivity index is 2.47. The molecular weight excluding hydrogens is 308 g/mol. The first-order valence-corrected chi connectivity index (χ1v) is 7.40. The van der Waals surface area contributed by atoms with Crippen LogP contribution in [0.2, 0.25) is 0 Å². The summed E-state index contributed by atoms with van der Waals surface area (Å²) in [6, 6.07) is 3.02. The lowest BCUT2D eigenvalue weighted by Crippen LogP contribution is -2.22. The van der Waals surface area contributed by atoms with E-state index >= 15 is 0 Å². The number of hydrogen-bond donors (Lipinski definition) is 2. The van der Waals surface area contributed by atoms with Crippen LogP contribution in [0.4, 0.5) is 4.79 Å². The molecule has 0 saturated carbocycles. The third-order valence-electron chi connectivity index (χ3n) is 3.15. The van der Waals surface area contributed by atoms with Crippen molar-refractivity contribution in [2.75, 3.05) is 13.2 Å². The van der Waals surface area contributed by atoms with Crippen molar-refractivity contribution in [1.29, 1.82) is 0 Å². The molecule has 1 fully saturated rings. The zero-order valence-corrected chi connectivity index (χ0v) is 13.3. The maximum absolute atomic E-state index is 11.7. The molecule has 0 radical (unpaired) electrons. The molecule has 6 nitrogen and oxygen atoms in total. The normalized spacial score (nSPS) is 14.8. The van der Waals surface area contributed by atoms with Gasteiger partial charge in [0, 0.05) is 5.56 Å². The zero-order chi connectivity index (χ0) is 17.5. The van der Waals surface area contributed by atoms with Crippen LogP contribution in [-0.4, -0.2) is 25.2 Å². The van der Waals surface area contributed by atoms with Crippen LogP contribution in [0.15, 0.2) is 30.5 Å². The van der Waals surface area contributed by atoms with Crippen LogP contribution in [0.25, 0.3) is 6.08 Å². The van der Waals surface area contributed by atoms with Gasteiger partial charge in [0.2, 0.25) is 0 Å². The summed E-state index contributed by atoms with van der Waals surface area (Å²) in [4.78, 5) is 22.9. The summed E-state index contributed by atoms with van der Waals surface area (Å²) in [6.07, 6.45) is 9.10. The van der Waals surface area contributed by atoms with Gasteiger partial charge in [-0.25, -0.2) is 4.79 Å². The Hall–Kier alpha value is -3.20. The van der Waals surface area contributed by atoms with Crippen molar-refractivity contribution in [3.8, 4) is 23.8 Å². The number of hydrogen-bond acceptors (Lipinski definition) is 4. The van der Waals surface area contributed by atoms with Gasteiger partial charge in [0.25, 0.3) is 5.91 Å². The van der Waals surface area contributed by atoms with Crippen LogP contribution in [-0.2, 0) is 11.2 Å². The van der Waals surface area contributed by atoms with Crippen molar-refractivity contribution in [2.45, 2.75) is 13.3 Å². The van der Waals surface area contributed by atoms with Gasteiger partial charge in [-0.3, -0.25) is 10.1 Å². The number of urea groups is 1. The fourth-order valence-corrected chi connectivity index (χ4v) is 2.26. The predicted octanol–water partition coefficient (Wildman–Crippen LogP) is 2.01. The van der Waals surface area contributed by atoms with Crippen molar-refractivity contribution < 1.29 is 19.1 Å². The minimum Gasteiger partial charge on any atom is -0.490 e. The summed E-state index contributed by atoms with van der Waals surface area (Å²) in [7, 11) is 0. The average Bonchev–Trinajstić information content (AvgIpc) is 2.85. The van der Waals surface area contributed by atoms with E-state index < -0.39 is 11.9 Å². The maximum Gasteiger partial charge on any atom is 0.326 e. The predicted molar refractivity (Wildman–Crippen MR) is 90.5 cm³/mol. The molecule has 0 atom stereocenters. The number of terminal acetylenes is 1. The SMILES string of the molecule is C#CCOc1c(CC=C)cc(C=C2NC(=O)NC2=O)cc1OCC. The third-order valence-corrected chi connectivity index (χ3v) is 3.15. The quantitative estimate of drug-likeness (QED) is 0.348. The molecule has 2 N–H and O–H groups in total. The highest BCUT2D eigenvalue weighted by atomic mass is 16.5. The first-order valence-electron chi connectivity index (χ1n) is 7.40. The first kappa shape index (κ1) is 17.2. The lowest BCUT2D eigenvalue weighted by Gasteiger charge is -2.15. The highest BCUT2D eigenvalue weighted by Crippen LogP contribution is 2.34. The number of benzene rings is 1. The van der Waals surface area contributed by atoms with E-state index in [1.807, 2.05) is 13.0 Å². The van der Waals surface area contributed by atoms with Crippen molar-refractivity contribution >= 4 is 18.0 Å². The molecule has 1 saturated heterocycles. The monoisotopic (exact) mass is 326 g/mol. The van der Waals surface area contributed by atoms with Crippen molar-refractivity contribution in [1.82, 2.24) is 10.6 Å². The third kappa shape index (κ3) is 3.96. The van der Waals surface area contributed by atoms with Gasteiger partial charge in [0.1, 0.15) is 12.3 Å². The van der Waals surface area contributed by atoms with E-state index in [-0.39, 0.29) is 12.3 Å². The van der Waals surface area contributed by atoms with E-state index in [9.17, 15) is 9.59 Å². The molecule has 0 aromatic heterocycles. The minimum absolute atomic E-state index is 0.114. The molecule has 0 aliphatic carbocycles. The molecule has 1 aliphatic heterocycles. The Labute approximate surface area is 140 Å². The molecule has 0 spiro atoms. The number of nitrogens with one attached hydrogen (secondary N) is 2. The van der Waals surface area contributed by atoms with E-state index in [1.54, 1.807) is 18.2 Å². The standard InChI is InChI=1S/C18H18N2O4/c1-4-7-13-9-12(10-14-17(21)20-18(22)19-14)11-15(23-6-3)16(13)24-8-5-2/h2,4,9-11H,1,6-8H2,3H3,(H2,19,20,21,22). The number of amides is 3. The fourth-order valence-electron chi connectivity index (χ4n) is 2.26. The van der Waals surface area contributed by atoms with E-state index in [0.717, 1.165) is 5.56 Å². The molecule has 6 heteroatoms. The number of imide groups is 1. The Morgan fingerprint density at radius 1 is 1.29 bits per heavy atom. The molecule has 1 aliphatic rings. The molecule has 124 valence electrons. The summed E-state index contributed by atoms with van der Waals surface area (Å²) in [5.41, 5.74) is 1.68. The molecule has 1 aromatic carbocycles. The molecule has 1 aromatic rings. The van der Waals surface area contributed by atoms with E-state index in [4.69, 9.17) is 15.9 Å². The van der Waals surface area contributed by atoms with E-state index in [1.165, 1.54) is 0 Å². The smallest absolute Gasteiger partial charge is 0.326 e. The molecule has 1 heterocycles. The lowest BCUT2D eigenvalue weighted by atomic mass is 10.0. The molecular formula is C18H18N2O4. The summed E-state index contributed by atoms with van der Waals surface area (Å²) < 4.78 is 11.2. The van der Waals surface area contributed by atoms with Crippen LogP contribution >= 0.6 is 0 Å². The molecule has 0 unspecified atom stereocenters. The largest absolute Gasteiger partial charge is 0.490 e. The first-order chi connectivity index (χ1) is 11.6. The van der Waals surface area contributed by atoms with Gasteiger partial charge in [-0.1, -0.05) is 12.0 Å². The Morgan fingerprint density at radius 2 is 2.08 bits per heavy atom. The number of allylic oxidation sites excluding steroid dienone is 1. The van der Waals surface area contributed by atoms with Crippen molar-refractivity contribution in [3.05, 3.63) is 41.6 Å². The van der Waals surface area contributed by atoms with Crippen LogP contribution in [0.5, 0.6) is 11.5 Å². The van der Waals surface area contributed by atoms with Gasteiger partial charge >= 0.3 is 6.03 Å². The van der Waals surface area contributed by atoms with Gasteiger partial charge < -0.3 is 14.8 Å². The molecule has 0 bridgehead atoms. The van der Waals surface area contributed by atoms with Gasteiger partial charge in [-0.2, -0.15) is 0 Å². The van der Waals surface area contributed by atoms with Crippen LogP contribution < -0.4 is 20.1 Å². The van der Waals surface area contributed by atoms with Crippen molar-refractivity contribution in [2.24, 2.45) is 0 Å². The molecule has 24 heavy (non-hydrogen) atoms. The average molecular weight is 326 g/mol. The molecule has 3 amide bonds. The zero-order valence-electron chi connectivity index (χ0n) is 13.3. The Bertz CT molecular complexity index is 744. The second-order valence-corrected chi connectivity index (χ2v) is 4.89. The van der Waals surface area contributed by atoms with E-state index in [0.29, 0.717) is 30.1 Å². The Morgan fingerprint density at radius 3 is 2.67 bits per heavy atom. The molecule has 2 rings (SSSR count). The van der Waals surface area contributed by atoms with Crippen LogP contribution in [0.3, 0.4) is 0 Å². The Kier molecular flexibility index (Phi) is 5.63. The maximum atomic E-state index is 11.7. The summed E-state index contributed by atoms with van der Waals surface area (Å²) in [6.45, 7) is 6.15. The number of carbonyl (C=O) groups is 2. The van der Waals surface area contributed by atoms with Gasteiger partial charge in [-0.05, 0) is 37.1 Å². The topological polar surface area (TPSA) is 76.7 Å². The fraction of sp³-hybridized carbons (Fsp3) is 0.222. The van der Waals surface area contributed by atoms with E-state index in [2.05, 4.69) is 23.1 Å². The van der Waals surface area contributed by atoms with Crippen LogP contribution in [0.1, 0.15) is 18.1 Å². The minimum atomic E-state index is -0.545. The number of carbonyl (C=O) groups excluding carboxylic acids is 2. The highest BCUT2D eigenvalue weighted by Gasteiger charge is 2.23. The number of rotatable bonds is 7. The van der Waals surface area contributed by atoms with Crippen LogP contribution in [0, 0.1) is 12.3 Å². The van der Waals surface area contributed by atoms with Gasteiger partial charge in [0.05, 0.1) is 6.61 Å². The van der Waals surface area contributed by atoms with Gasteiger partial charge in [0.15, 0.2) is 11.5 Å². The number of ether oxygens (including phenoxy) is 2. The van der Waals surface area contributed by atoms with Gasteiger partial charge in [-0.15, -0.1) is 13.0 Å². The van der Waals surface area contributed by atoms with Crippen molar-refractivity contribution in [3.63, 3.8) is 0 Å². The summed E-state index contributed by atoms with van der Waals surface area (Å²) in [5, 5.41) is 4.60. The summed E-state index contributed by atoms with van der Waals surface area (Å²) >= 11 is 0.